The van der Waals surface area contributed by atoms with Crippen LogP contribution in [0.5, 0.6) is 0 Å². The maximum Gasteiger partial charge on any atom is 0.264 e. The number of H-pyrrole nitrogens is 1. The molecule has 6 heteroatoms. The highest BCUT2D eigenvalue weighted by molar-refractivity contribution is 5.93. The number of nitrogens with zero attached hydrogens (tertiary/aromatic N) is 3. The van der Waals surface area contributed by atoms with E-state index in [1.54, 1.807) is 19.4 Å². The number of aryl methyl sites for hydroxylation is 1. The van der Waals surface area contributed by atoms with E-state index in [1.807, 2.05) is 50.2 Å². The van der Waals surface area contributed by atoms with Crippen molar-refractivity contribution in [3.63, 3.8) is 0 Å². The van der Waals surface area contributed by atoms with Crippen molar-refractivity contribution in [3.8, 4) is 11.4 Å². The fourth-order valence-corrected chi connectivity index (χ4v) is 2.62. The third kappa shape index (κ3) is 3.54. The van der Waals surface area contributed by atoms with E-state index in [0.717, 1.165) is 16.7 Å². The predicted molar refractivity (Wildman–Crippen MR) is 99.8 cm³/mol. The van der Waals surface area contributed by atoms with Crippen LogP contribution >= 0.6 is 0 Å². The number of benzene rings is 1. The summed E-state index contributed by atoms with van der Waals surface area (Å²) in [5.74, 6) is 0.0556. The van der Waals surface area contributed by atoms with Gasteiger partial charge in [0, 0.05) is 31.2 Å². The zero-order valence-corrected chi connectivity index (χ0v) is 14.9. The van der Waals surface area contributed by atoms with E-state index in [9.17, 15) is 9.59 Å². The van der Waals surface area contributed by atoms with Crippen molar-refractivity contribution in [2.75, 3.05) is 7.05 Å². The first-order chi connectivity index (χ1) is 12.5. The third-order valence-electron chi connectivity index (χ3n) is 4.42. The Kier molecular flexibility index (Phi) is 4.93. The number of nitrogens with one attached hydrogen (secondary N) is 1. The molecule has 0 aliphatic heterocycles. The molecule has 0 saturated heterocycles. The third-order valence-corrected chi connectivity index (χ3v) is 4.42. The average Bonchev–Trinajstić information content (AvgIpc) is 2.67. The lowest BCUT2D eigenvalue weighted by molar-refractivity contribution is 0.0740. The van der Waals surface area contributed by atoms with Crippen molar-refractivity contribution in [1.29, 1.82) is 0 Å². The number of hydrogen-bond donors (Lipinski definition) is 1. The molecule has 1 amide bonds. The summed E-state index contributed by atoms with van der Waals surface area (Å²) in [6, 6.07) is 11.1. The summed E-state index contributed by atoms with van der Waals surface area (Å²) in [5.41, 5.74) is 2.37. The molecule has 2 aromatic heterocycles. The van der Waals surface area contributed by atoms with Crippen LogP contribution in [0.4, 0.5) is 0 Å². The lowest BCUT2D eigenvalue weighted by Crippen LogP contribution is -2.34. The van der Waals surface area contributed by atoms with E-state index in [4.69, 9.17) is 0 Å². The van der Waals surface area contributed by atoms with E-state index in [2.05, 4.69) is 15.0 Å². The fraction of sp³-hybridized carbons (Fsp3) is 0.200. The molecule has 6 nitrogen and oxygen atoms in total. The molecule has 0 aliphatic carbocycles. The summed E-state index contributed by atoms with van der Waals surface area (Å²) in [5, 5.41) is 0. The van der Waals surface area contributed by atoms with Crippen molar-refractivity contribution >= 4 is 5.91 Å². The Morgan fingerprint density at radius 2 is 1.88 bits per heavy atom. The summed E-state index contributed by atoms with van der Waals surface area (Å²) >= 11 is 0. The Labute approximate surface area is 151 Å². The predicted octanol–water partition coefficient (Wildman–Crippen LogP) is 2.97. The summed E-state index contributed by atoms with van der Waals surface area (Å²) < 4.78 is 0. The molecule has 0 fully saturated rings. The molecule has 132 valence electrons. The Balaban J connectivity index is 1.86. The van der Waals surface area contributed by atoms with Gasteiger partial charge in [0.1, 0.15) is 11.4 Å². The largest absolute Gasteiger partial charge is 0.335 e. The summed E-state index contributed by atoms with van der Waals surface area (Å²) in [6.07, 6.45) is 4.72. The van der Waals surface area contributed by atoms with Crippen LogP contribution in [-0.4, -0.2) is 32.8 Å². The van der Waals surface area contributed by atoms with Gasteiger partial charge in [-0.2, -0.15) is 0 Å². The van der Waals surface area contributed by atoms with Crippen LogP contribution < -0.4 is 5.56 Å². The minimum Gasteiger partial charge on any atom is -0.335 e. The van der Waals surface area contributed by atoms with Crippen LogP contribution in [0.2, 0.25) is 0 Å². The minimum absolute atomic E-state index is 0.0131. The summed E-state index contributed by atoms with van der Waals surface area (Å²) in [4.78, 5) is 37.7. The quantitative estimate of drug-likeness (QED) is 0.786. The van der Waals surface area contributed by atoms with Crippen molar-refractivity contribution in [2.45, 2.75) is 19.9 Å². The molecular weight excluding hydrogens is 328 g/mol. The Morgan fingerprint density at radius 3 is 2.50 bits per heavy atom. The number of carbonyl (C=O) groups excluding carboxylic acids is 1. The second-order valence-corrected chi connectivity index (χ2v) is 6.22. The number of rotatable bonds is 4. The van der Waals surface area contributed by atoms with Crippen molar-refractivity contribution in [3.05, 3.63) is 82.0 Å². The molecule has 0 aliphatic rings. The molecule has 2 heterocycles. The van der Waals surface area contributed by atoms with Crippen LogP contribution in [-0.2, 0) is 0 Å². The second kappa shape index (κ2) is 7.31. The van der Waals surface area contributed by atoms with Crippen LogP contribution in [0.15, 0.2) is 59.8 Å². The van der Waals surface area contributed by atoms with Crippen molar-refractivity contribution in [1.82, 2.24) is 19.9 Å². The normalized spacial score (nSPS) is 11.8. The van der Waals surface area contributed by atoms with E-state index in [0.29, 0.717) is 5.82 Å². The SMILES string of the molecule is Cc1ccc(-c2ncc(C(=O)N(C)[C@@H](C)c3cccnc3)c(=O)[nH]2)cc1. The smallest absolute Gasteiger partial charge is 0.264 e. The van der Waals surface area contributed by atoms with Crippen LogP contribution in [0.1, 0.15) is 34.5 Å². The number of aromatic amines is 1. The van der Waals surface area contributed by atoms with Gasteiger partial charge in [-0.25, -0.2) is 4.98 Å². The maximum absolute atomic E-state index is 12.7. The first kappa shape index (κ1) is 17.5. The molecule has 3 rings (SSSR count). The minimum atomic E-state index is -0.453. The van der Waals surface area contributed by atoms with Crippen LogP contribution in [0, 0.1) is 6.92 Å². The van der Waals surface area contributed by atoms with Gasteiger partial charge in [0.2, 0.25) is 0 Å². The van der Waals surface area contributed by atoms with Gasteiger partial charge >= 0.3 is 0 Å². The van der Waals surface area contributed by atoms with Gasteiger partial charge in [-0.15, -0.1) is 0 Å². The van der Waals surface area contributed by atoms with E-state index in [-0.39, 0.29) is 17.5 Å². The molecule has 1 atom stereocenters. The van der Waals surface area contributed by atoms with Gasteiger partial charge in [0.05, 0.1) is 6.04 Å². The Bertz CT molecular complexity index is 965. The van der Waals surface area contributed by atoms with E-state index >= 15 is 0 Å². The lowest BCUT2D eigenvalue weighted by Gasteiger charge is -2.24. The number of hydrogen-bond acceptors (Lipinski definition) is 4. The molecule has 26 heavy (non-hydrogen) atoms. The maximum atomic E-state index is 12.7. The number of aromatic nitrogens is 3. The first-order valence-electron chi connectivity index (χ1n) is 8.31. The number of amides is 1. The Morgan fingerprint density at radius 1 is 1.15 bits per heavy atom. The van der Waals surface area contributed by atoms with Gasteiger partial charge in [-0.3, -0.25) is 14.6 Å². The highest BCUT2D eigenvalue weighted by atomic mass is 16.2. The van der Waals surface area contributed by atoms with Gasteiger partial charge in [-0.1, -0.05) is 35.9 Å². The zero-order valence-electron chi connectivity index (χ0n) is 14.9. The molecule has 3 aromatic rings. The molecule has 0 bridgehead atoms. The van der Waals surface area contributed by atoms with Gasteiger partial charge in [0.25, 0.3) is 11.5 Å². The highest BCUT2D eigenvalue weighted by Gasteiger charge is 2.22. The molecular formula is C20H20N4O2. The van der Waals surface area contributed by atoms with Crippen molar-refractivity contribution in [2.24, 2.45) is 0 Å². The van der Waals surface area contributed by atoms with E-state index < -0.39 is 5.56 Å². The van der Waals surface area contributed by atoms with Gasteiger partial charge < -0.3 is 9.88 Å². The zero-order chi connectivity index (χ0) is 18.7. The van der Waals surface area contributed by atoms with Crippen molar-refractivity contribution < 1.29 is 4.79 Å². The highest BCUT2D eigenvalue weighted by Crippen LogP contribution is 2.19. The molecule has 0 spiro atoms. The Hall–Kier alpha value is -3.28. The second-order valence-electron chi connectivity index (χ2n) is 6.22. The molecule has 1 aromatic carbocycles. The van der Waals surface area contributed by atoms with Gasteiger partial charge in [-0.05, 0) is 25.5 Å². The first-order valence-corrected chi connectivity index (χ1v) is 8.31. The monoisotopic (exact) mass is 348 g/mol. The fourth-order valence-electron chi connectivity index (χ4n) is 2.62. The summed E-state index contributed by atoms with van der Waals surface area (Å²) in [6.45, 7) is 3.87. The number of pyridine rings is 1. The summed E-state index contributed by atoms with van der Waals surface area (Å²) in [7, 11) is 1.66. The average molecular weight is 348 g/mol. The lowest BCUT2D eigenvalue weighted by atomic mass is 10.1. The topological polar surface area (TPSA) is 79.0 Å². The number of carbonyl (C=O) groups is 1. The van der Waals surface area contributed by atoms with Crippen LogP contribution in [0.25, 0.3) is 11.4 Å². The molecule has 0 saturated carbocycles. The standard InChI is InChI=1S/C20H20N4O2/c1-13-6-8-15(9-7-13)18-22-12-17(19(25)23-18)20(26)24(3)14(2)16-5-4-10-21-11-16/h4-12,14H,1-3H3,(H,22,23,25)/t14-/m0/s1. The molecule has 0 radical (unpaired) electrons. The molecule has 1 N–H and O–H groups in total. The molecule has 0 unspecified atom stereocenters. The van der Waals surface area contributed by atoms with Crippen LogP contribution in [0.3, 0.4) is 0 Å². The van der Waals surface area contributed by atoms with Gasteiger partial charge in [0.15, 0.2) is 0 Å². The van der Waals surface area contributed by atoms with E-state index in [1.165, 1.54) is 11.1 Å².